The smallest absolute Gasteiger partial charge is 0.141 e. The molecule has 4 nitrogen and oxygen atoms in total. The maximum absolute atomic E-state index is 10.7. The Hall–Kier alpha value is -5.74. The van der Waals surface area contributed by atoms with Gasteiger partial charge in [-0.25, -0.2) is 9.97 Å². The van der Waals surface area contributed by atoms with Gasteiger partial charge in [-0.05, 0) is 94.8 Å². The molecule has 0 bridgehead atoms. The zero-order chi connectivity index (χ0) is 32.3. The van der Waals surface area contributed by atoms with Crippen LogP contribution < -0.4 is 4.90 Å². The standard InChI is InChI=1S/C43H35N3O/c1-27-22-23-44-41(24-27)46-38-25-32(31-13-11-30(12-14-31)29-8-6-5-7-9-29)15-18-35(38)43(3,4)36-19-16-33(26-39(36)46)37-20-17-34-28(2)10-21-40(47)42(34)45-37/h5-26,47H,1-4H3. The highest BCUT2D eigenvalue weighted by Gasteiger charge is 2.38. The molecule has 3 heterocycles. The quantitative estimate of drug-likeness (QED) is 0.216. The van der Waals surface area contributed by atoms with Crippen molar-refractivity contribution in [3.63, 3.8) is 0 Å². The zero-order valence-corrected chi connectivity index (χ0v) is 27.0. The summed E-state index contributed by atoms with van der Waals surface area (Å²) >= 11 is 0. The summed E-state index contributed by atoms with van der Waals surface area (Å²) in [5, 5.41) is 11.6. The number of aromatic nitrogens is 2. The average molecular weight is 610 g/mol. The average Bonchev–Trinajstić information content (AvgIpc) is 3.10. The van der Waals surface area contributed by atoms with E-state index in [4.69, 9.17) is 9.97 Å². The lowest BCUT2D eigenvalue weighted by atomic mass is 9.73. The fourth-order valence-electron chi connectivity index (χ4n) is 6.99. The summed E-state index contributed by atoms with van der Waals surface area (Å²) in [6, 6.07) is 44.7. The van der Waals surface area contributed by atoms with Crippen LogP contribution in [0.5, 0.6) is 5.75 Å². The first-order valence-corrected chi connectivity index (χ1v) is 16.1. The fraction of sp³-hybridized carbons (Fsp3) is 0.116. The number of hydrogen-bond donors (Lipinski definition) is 1. The van der Waals surface area contributed by atoms with E-state index in [1.54, 1.807) is 6.07 Å². The van der Waals surface area contributed by atoms with E-state index in [-0.39, 0.29) is 11.2 Å². The van der Waals surface area contributed by atoms with Gasteiger partial charge in [-0.2, -0.15) is 0 Å². The number of rotatable bonds is 4. The van der Waals surface area contributed by atoms with Crippen molar-refractivity contribution >= 4 is 28.1 Å². The number of phenolic OH excluding ortho intramolecular Hbond substituents is 1. The molecule has 0 atom stereocenters. The maximum atomic E-state index is 10.7. The van der Waals surface area contributed by atoms with Gasteiger partial charge in [0.1, 0.15) is 17.1 Å². The largest absolute Gasteiger partial charge is 0.506 e. The maximum Gasteiger partial charge on any atom is 0.141 e. The molecule has 0 spiro atoms. The first-order chi connectivity index (χ1) is 22.8. The molecule has 0 unspecified atom stereocenters. The van der Waals surface area contributed by atoms with Crippen molar-refractivity contribution in [3.8, 4) is 39.3 Å². The van der Waals surface area contributed by atoms with Gasteiger partial charge in [-0.1, -0.05) is 105 Å². The van der Waals surface area contributed by atoms with Crippen LogP contribution >= 0.6 is 0 Å². The number of phenols is 1. The van der Waals surface area contributed by atoms with E-state index >= 15 is 0 Å². The normalized spacial score (nSPS) is 13.3. The van der Waals surface area contributed by atoms with E-state index < -0.39 is 0 Å². The van der Waals surface area contributed by atoms with E-state index in [9.17, 15) is 5.11 Å². The van der Waals surface area contributed by atoms with Crippen LogP contribution in [0.1, 0.15) is 36.1 Å². The minimum absolute atomic E-state index is 0.190. The van der Waals surface area contributed by atoms with Gasteiger partial charge in [0.15, 0.2) is 0 Å². The lowest BCUT2D eigenvalue weighted by Crippen LogP contribution is -2.31. The van der Waals surface area contributed by atoms with E-state index in [0.717, 1.165) is 56.1 Å². The van der Waals surface area contributed by atoms with Gasteiger partial charge in [0.05, 0.1) is 17.1 Å². The molecule has 2 aromatic heterocycles. The number of aryl methyl sites for hydroxylation is 2. The molecule has 47 heavy (non-hydrogen) atoms. The number of pyridine rings is 2. The summed E-state index contributed by atoms with van der Waals surface area (Å²) in [7, 11) is 0. The molecular weight excluding hydrogens is 574 g/mol. The Kier molecular flexibility index (Phi) is 6.69. The van der Waals surface area contributed by atoms with Crippen LogP contribution in [-0.4, -0.2) is 15.1 Å². The zero-order valence-electron chi connectivity index (χ0n) is 27.0. The Bertz CT molecular complexity index is 2310. The Balaban J connectivity index is 1.29. The van der Waals surface area contributed by atoms with E-state index in [0.29, 0.717) is 5.52 Å². The van der Waals surface area contributed by atoms with Crippen molar-refractivity contribution in [1.82, 2.24) is 9.97 Å². The highest BCUT2D eigenvalue weighted by molar-refractivity contribution is 5.92. The minimum atomic E-state index is -0.259. The molecule has 0 amide bonds. The van der Waals surface area contributed by atoms with Crippen LogP contribution in [0, 0.1) is 13.8 Å². The number of nitrogens with zero attached hydrogens (tertiary/aromatic N) is 3. The summed E-state index contributed by atoms with van der Waals surface area (Å²) in [5.41, 5.74) is 13.8. The summed E-state index contributed by atoms with van der Waals surface area (Å²) in [4.78, 5) is 12.1. The summed E-state index contributed by atoms with van der Waals surface area (Å²) in [6.45, 7) is 8.75. The van der Waals surface area contributed by atoms with Gasteiger partial charge >= 0.3 is 0 Å². The number of benzene rings is 5. The summed E-state index contributed by atoms with van der Waals surface area (Å²) in [6.07, 6.45) is 1.88. The first-order valence-electron chi connectivity index (χ1n) is 16.1. The van der Waals surface area contributed by atoms with Crippen LogP contribution in [0.25, 0.3) is 44.4 Å². The molecule has 5 aromatic carbocycles. The van der Waals surface area contributed by atoms with E-state index in [2.05, 4.69) is 123 Å². The molecule has 0 fully saturated rings. The molecule has 0 saturated heterocycles. The Morgan fingerprint density at radius 1 is 0.596 bits per heavy atom. The molecule has 1 aliphatic rings. The Morgan fingerprint density at radius 3 is 1.91 bits per heavy atom. The third kappa shape index (κ3) is 4.85. The molecule has 0 aliphatic carbocycles. The van der Waals surface area contributed by atoms with Gasteiger partial charge in [0.2, 0.25) is 0 Å². The number of fused-ring (bicyclic) bond motifs is 3. The third-order valence-electron chi connectivity index (χ3n) is 9.63. The van der Waals surface area contributed by atoms with Crippen molar-refractivity contribution in [2.24, 2.45) is 0 Å². The van der Waals surface area contributed by atoms with Crippen LogP contribution in [-0.2, 0) is 5.41 Å². The van der Waals surface area contributed by atoms with Crippen molar-refractivity contribution in [1.29, 1.82) is 0 Å². The SMILES string of the molecule is Cc1ccnc(N2c3cc(-c4ccc(-c5ccccc5)cc4)ccc3C(C)(C)c3ccc(-c4ccc5c(C)ccc(O)c5n4)cc32)c1. The van der Waals surface area contributed by atoms with Gasteiger partial charge in [0, 0.05) is 22.6 Å². The predicted molar refractivity (Wildman–Crippen MR) is 194 cm³/mol. The van der Waals surface area contributed by atoms with Gasteiger partial charge < -0.3 is 5.11 Å². The van der Waals surface area contributed by atoms with E-state index in [1.807, 2.05) is 37.4 Å². The van der Waals surface area contributed by atoms with Gasteiger partial charge in [-0.15, -0.1) is 0 Å². The third-order valence-corrected chi connectivity index (χ3v) is 9.63. The highest BCUT2D eigenvalue weighted by atomic mass is 16.3. The molecule has 7 aromatic rings. The number of hydrogen-bond acceptors (Lipinski definition) is 4. The molecule has 8 rings (SSSR count). The van der Waals surface area contributed by atoms with Crippen LogP contribution in [0.15, 0.2) is 134 Å². The minimum Gasteiger partial charge on any atom is -0.506 e. The van der Waals surface area contributed by atoms with Crippen molar-refractivity contribution < 1.29 is 5.11 Å². The first kappa shape index (κ1) is 28.7. The van der Waals surface area contributed by atoms with Crippen LogP contribution in [0.3, 0.4) is 0 Å². The second-order valence-electron chi connectivity index (χ2n) is 13.1. The van der Waals surface area contributed by atoms with Crippen molar-refractivity contribution in [3.05, 3.63) is 156 Å². The lowest BCUT2D eigenvalue weighted by molar-refractivity contribution is 0.480. The second-order valence-corrected chi connectivity index (χ2v) is 13.1. The molecular formula is C43H35N3O. The van der Waals surface area contributed by atoms with Gasteiger partial charge in [0.25, 0.3) is 0 Å². The number of anilines is 3. The highest BCUT2D eigenvalue weighted by Crippen LogP contribution is 2.53. The number of aromatic hydroxyl groups is 1. The molecule has 4 heteroatoms. The molecule has 228 valence electrons. The summed E-state index contributed by atoms with van der Waals surface area (Å²) in [5.74, 6) is 1.06. The Morgan fingerprint density at radius 2 is 1.21 bits per heavy atom. The second kappa shape index (κ2) is 11.0. The molecule has 0 radical (unpaired) electrons. The van der Waals surface area contributed by atoms with Crippen LogP contribution in [0.4, 0.5) is 17.2 Å². The summed E-state index contributed by atoms with van der Waals surface area (Å²) < 4.78 is 0. The van der Waals surface area contributed by atoms with E-state index in [1.165, 1.54) is 22.3 Å². The fourth-order valence-corrected chi connectivity index (χ4v) is 6.99. The topological polar surface area (TPSA) is 49.2 Å². The molecule has 1 N–H and O–H groups in total. The van der Waals surface area contributed by atoms with Crippen LogP contribution in [0.2, 0.25) is 0 Å². The Labute approximate surface area is 275 Å². The van der Waals surface area contributed by atoms with Crippen molar-refractivity contribution in [2.45, 2.75) is 33.1 Å². The molecule has 0 saturated carbocycles. The molecule has 1 aliphatic heterocycles. The predicted octanol–water partition coefficient (Wildman–Crippen LogP) is 11.1. The lowest BCUT2D eigenvalue weighted by Gasteiger charge is -2.42. The van der Waals surface area contributed by atoms with Gasteiger partial charge in [-0.3, -0.25) is 4.90 Å². The van der Waals surface area contributed by atoms with Crippen molar-refractivity contribution in [2.75, 3.05) is 4.90 Å². The monoisotopic (exact) mass is 609 g/mol.